The average molecular weight is 313 g/mol. The van der Waals surface area contributed by atoms with Gasteiger partial charge in [0.1, 0.15) is 5.75 Å². The number of ether oxygens (including phenoxy) is 1. The molecule has 18 heavy (non-hydrogen) atoms. The van der Waals surface area contributed by atoms with Crippen LogP contribution in [0.1, 0.15) is 5.56 Å². The second-order valence-corrected chi connectivity index (χ2v) is 4.54. The first-order valence-corrected chi connectivity index (χ1v) is 6.45. The average Bonchev–Trinajstić information content (AvgIpc) is 2.35. The van der Waals surface area contributed by atoms with E-state index in [2.05, 4.69) is 27.8 Å². The molecular weight excluding hydrogens is 296 g/mol. The molecule has 0 aliphatic rings. The number of benzene rings is 1. The molecule has 0 spiro atoms. The third kappa shape index (κ3) is 4.89. The van der Waals surface area contributed by atoms with Crippen LogP contribution < -0.4 is 15.8 Å². The fourth-order valence-electron chi connectivity index (χ4n) is 1.36. The van der Waals surface area contributed by atoms with Crippen molar-refractivity contribution in [3.05, 3.63) is 40.9 Å². The minimum Gasteiger partial charge on any atom is -0.483 e. The maximum absolute atomic E-state index is 11.3. The Hall–Kier alpha value is -1.33. The summed E-state index contributed by atoms with van der Waals surface area (Å²) in [5.74, 6) is 0.470. The molecule has 0 aliphatic carbocycles. The molecule has 1 rings (SSSR count). The summed E-state index contributed by atoms with van der Waals surface area (Å²) in [7, 11) is 0. The molecular formula is C13H17BrN2O2. The van der Waals surface area contributed by atoms with Gasteiger partial charge in [0.25, 0.3) is 5.91 Å². The van der Waals surface area contributed by atoms with Crippen LogP contribution in [0.5, 0.6) is 5.75 Å². The second-order valence-electron chi connectivity index (χ2n) is 3.68. The number of nitrogens with two attached hydrogens (primary N) is 1. The van der Waals surface area contributed by atoms with Gasteiger partial charge in [-0.2, -0.15) is 0 Å². The van der Waals surface area contributed by atoms with Gasteiger partial charge >= 0.3 is 0 Å². The minimum absolute atomic E-state index is 0.0112. The largest absolute Gasteiger partial charge is 0.483 e. The van der Waals surface area contributed by atoms with Crippen LogP contribution in [-0.4, -0.2) is 25.6 Å². The maximum atomic E-state index is 11.3. The normalized spacial score (nSPS) is 9.89. The van der Waals surface area contributed by atoms with E-state index < -0.39 is 0 Å². The van der Waals surface area contributed by atoms with Crippen molar-refractivity contribution in [1.82, 2.24) is 5.32 Å². The third-order valence-corrected chi connectivity index (χ3v) is 2.85. The van der Waals surface area contributed by atoms with Gasteiger partial charge in [-0.15, -0.1) is 6.58 Å². The summed E-state index contributed by atoms with van der Waals surface area (Å²) in [4.78, 5) is 11.3. The van der Waals surface area contributed by atoms with Crippen molar-refractivity contribution in [2.75, 3.05) is 19.7 Å². The lowest BCUT2D eigenvalue weighted by Gasteiger charge is -2.09. The van der Waals surface area contributed by atoms with Crippen LogP contribution in [0.25, 0.3) is 0 Å². The Kier molecular flexibility index (Phi) is 6.46. The van der Waals surface area contributed by atoms with Gasteiger partial charge in [-0.25, -0.2) is 0 Å². The summed E-state index contributed by atoms with van der Waals surface area (Å²) >= 11 is 3.41. The van der Waals surface area contributed by atoms with E-state index in [1.165, 1.54) is 0 Å². The quantitative estimate of drug-likeness (QED) is 0.752. The minimum atomic E-state index is -0.173. The molecule has 0 aliphatic heterocycles. The monoisotopic (exact) mass is 312 g/mol. The molecule has 0 atom stereocenters. The van der Waals surface area contributed by atoms with Crippen LogP contribution in [0.3, 0.4) is 0 Å². The molecule has 1 aromatic rings. The molecule has 0 saturated heterocycles. The van der Waals surface area contributed by atoms with Crippen molar-refractivity contribution in [3.63, 3.8) is 0 Å². The highest BCUT2D eigenvalue weighted by Crippen LogP contribution is 2.26. The zero-order valence-corrected chi connectivity index (χ0v) is 11.7. The smallest absolute Gasteiger partial charge is 0.258 e. The lowest BCUT2D eigenvalue weighted by atomic mass is 10.1. The summed E-state index contributed by atoms with van der Waals surface area (Å²) in [6.45, 7) is 4.56. The first-order valence-electron chi connectivity index (χ1n) is 5.66. The van der Waals surface area contributed by atoms with Gasteiger partial charge in [-0.05, 0) is 46.6 Å². The standard InChI is InChI=1S/C13H17BrN2O2/c1-2-7-16-13(17)9-18-12-4-3-10(5-6-15)8-11(12)14/h2-4,8H,1,5-7,9,15H2,(H,16,17). The molecule has 0 fully saturated rings. The Bertz CT molecular complexity index is 421. The van der Waals surface area contributed by atoms with Crippen LogP contribution >= 0.6 is 15.9 Å². The van der Waals surface area contributed by atoms with Crippen LogP contribution in [0.15, 0.2) is 35.3 Å². The molecule has 0 saturated carbocycles. The predicted molar refractivity (Wildman–Crippen MR) is 75.6 cm³/mol. The van der Waals surface area contributed by atoms with Crippen LogP contribution in [0, 0.1) is 0 Å². The van der Waals surface area contributed by atoms with E-state index in [-0.39, 0.29) is 12.5 Å². The third-order valence-electron chi connectivity index (χ3n) is 2.23. The molecule has 3 N–H and O–H groups in total. The number of nitrogens with one attached hydrogen (secondary N) is 1. The zero-order chi connectivity index (χ0) is 13.4. The van der Waals surface area contributed by atoms with Crippen molar-refractivity contribution in [2.24, 2.45) is 5.73 Å². The van der Waals surface area contributed by atoms with E-state index in [1.54, 1.807) is 6.08 Å². The van der Waals surface area contributed by atoms with Gasteiger partial charge in [0.15, 0.2) is 6.61 Å². The first-order chi connectivity index (χ1) is 8.67. The van der Waals surface area contributed by atoms with Gasteiger partial charge in [-0.1, -0.05) is 12.1 Å². The van der Waals surface area contributed by atoms with E-state index in [4.69, 9.17) is 10.5 Å². The topological polar surface area (TPSA) is 64.3 Å². The van der Waals surface area contributed by atoms with Crippen LogP contribution in [0.4, 0.5) is 0 Å². The van der Waals surface area contributed by atoms with Gasteiger partial charge in [0.2, 0.25) is 0 Å². The fraction of sp³-hybridized carbons (Fsp3) is 0.308. The molecule has 1 amide bonds. The summed E-state index contributed by atoms with van der Waals surface area (Å²) in [6, 6.07) is 5.72. The Labute approximate surface area is 115 Å². The molecule has 1 aromatic carbocycles. The number of hydrogen-bond donors (Lipinski definition) is 2. The van der Waals surface area contributed by atoms with E-state index in [9.17, 15) is 4.79 Å². The lowest BCUT2D eigenvalue weighted by Crippen LogP contribution is -2.28. The number of rotatable bonds is 7. The number of halogens is 1. The summed E-state index contributed by atoms with van der Waals surface area (Å²) in [5.41, 5.74) is 6.62. The van der Waals surface area contributed by atoms with Crippen molar-refractivity contribution >= 4 is 21.8 Å². The highest BCUT2D eigenvalue weighted by Gasteiger charge is 2.05. The molecule has 0 aromatic heterocycles. The Morgan fingerprint density at radius 2 is 2.33 bits per heavy atom. The molecule has 0 unspecified atom stereocenters. The number of carbonyl (C=O) groups is 1. The Balaban J connectivity index is 2.52. The van der Waals surface area contributed by atoms with Crippen molar-refractivity contribution < 1.29 is 9.53 Å². The van der Waals surface area contributed by atoms with E-state index in [0.717, 1.165) is 16.5 Å². The predicted octanol–water partition coefficient (Wildman–Crippen LogP) is 1.63. The van der Waals surface area contributed by atoms with E-state index in [0.29, 0.717) is 18.8 Å². The van der Waals surface area contributed by atoms with Gasteiger partial charge in [0.05, 0.1) is 4.47 Å². The molecule has 0 bridgehead atoms. The summed E-state index contributed by atoms with van der Waals surface area (Å²) in [6.07, 6.45) is 2.44. The molecule has 0 radical (unpaired) electrons. The summed E-state index contributed by atoms with van der Waals surface area (Å²) in [5, 5.41) is 2.64. The van der Waals surface area contributed by atoms with Crippen molar-refractivity contribution in [1.29, 1.82) is 0 Å². The Morgan fingerprint density at radius 3 is 2.94 bits per heavy atom. The van der Waals surface area contributed by atoms with Gasteiger partial charge < -0.3 is 15.8 Å². The SMILES string of the molecule is C=CCNC(=O)COc1ccc(CCN)cc1Br. The van der Waals surface area contributed by atoms with Gasteiger partial charge in [0, 0.05) is 6.54 Å². The zero-order valence-electron chi connectivity index (χ0n) is 10.1. The molecule has 98 valence electrons. The summed E-state index contributed by atoms with van der Waals surface area (Å²) < 4.78 is 6.23. The van der Waals surface area contributed by atoms with E-state index in [1.807, 2.05) is 18.2 Å². The van der Waals surface area contributed by atoms with Crippen molar-refractivity contribution in [3.8, 4) is 5.75 Å². The molecule has 0 heterocycles. The molecule has 4 nitrogen and oxygen atoms in total. The van der Waals surface area contributed by atoms with Crippen LogP contribution in [-0.2, 0) is 11.2 Å². The fourth-order valence-corrected chi connectivity index (χ4v) is 1.90. The number of amides is 1. The van der Waals surface area contributed by atoms with Crippen LogP contribution in [0.2, 0.25) is 0 Å². The highest BCUT2D eigenvalue weighted by atomic mass is 79.9. The first kappa shape index (κ1) is 14.7. The van der Waals surface area contributed by atoms with Gasteiger partial charge in [-0.3, -0.25) is 4.79 Å². The lowest BCUT2D eigenvalue weighted by molar-refractivity contribution is -0.122. The highest BCUT2D eigenvalue weighted by molar-refractivity contribution is 9.10. The Morgan fingerprint density at radius 1 is 1.56 bits per heavy atom. The van der Waals surface area contributed by atoms with E-state index >= 15 is 0 Å². The van der Waals surface area contributed by atoms with Crippen molar-refractivity contribution in [2.45, 2.75) is 6.42 Å². The molecule has 5 heteroatoms. The number of carbonyl (C=O) groups excluding carboxylic acids is 1. The number of hydrogen-bond acceptors (Lipinski definition) is 3. The second kappa shape index (κ2) is 7.89. The maximum Gasteiger partial charge on any atom is 0.258 e.